The first-order chi connectivity index (χ1) is 13.8. The Morgan fingerprint density at radius 1 is 0.821 bits per heavy atom. The Balaban J connectivity index is 1.26. The molecule has 0 aliphatic carbocycles. The summed E-state index contributed by atoms with van der Waals surface area (Å²) in [5.41, 5.74) is 2.11. The molecule has 0 radical (unpaired) electrons. The van der Waals surface area contributed by atoms with Gasteiger partial charge in [-0.15, -0.1) is 0 Å². The Morgan fingerprint density at radius 2 is 1.54 bits per heavy atom. The zero-order valence-electron chi connectivity index (χ0n) is 15.7. The molecule has 1 aliphatic heterocycles. The molecule has 1 aromatic heterocycles. The van der Waals surface area contributed by atoms with Crippen molar-refractivity contribution in [1.82, 2.24) is 9.80 Å². The Kier molecular flexibility index (Phi) is 4.34. The maximum atomic E-state index is 12.8. The molecular weight excluding hydrogens is 348 g/mol. The van der Waals surface area contributed by atoms with Gasteiger partial charge in [-0.25, -0.2) is 0 Å². The van der Waals surface area contributed by atoms with E-state index in [0.717, 1.165) is 43.7 Å². The third-order valence-electron chi connectivity index (χ3n) is 5.57. The standard InChI is InChI=1S/C24H22N2O2/c27-24(23-16-19-7-2-4-11-22(19)28-23)26-14-12-25(13-15-26)17-20-9-5-8-18-6-1-3-10-21(18)20/h1-11,16H,12-15,17H2. The normalized spacial score (nSPS) is 15.4. The number of hydrogen-bond donors (Lipinski definition) is 0. The van der Waals surface area contributed by atoms with Crippen LogP contribution in [0, 0.1) is 0 Å². The molecule has 28 heavy (non-hydrogen) atoms. The first kappa shape index (κ1) is 17.0. The summed E-state index contributed by atoms with van der Waals surface area (Å²) in [6, 6.07) is 24.6. The van der Waals surface area contributed by atoms with Crippen LogP contribution in [0.1, 0.15) is 16.1 Å². The van der Waals surface area contributed by atoms with Gasteiger partial charge in [-0.2, -0.15) is 0 Å². The molecule has 0 atom stereocenters. The lowest BCUT2D eigenvalue weighted by molar-refractivity contribution is 0.0600. The second-order valence-corrected chi connectivity index (χ2v) is 7.36. The van der Waals surface area contributed by atoms with Crippen LogP contribution >= 0.6 is 0 Å². The lowest BCUT2D eigenvalue weighted by Gasteiger charge is -2.34. The molecule has 0 N–H and O–H groups in total. The molecule has 0 spiro atoms. The van der Waals surface area contributed by atoms with E-state index < -0.39 is 0 Å². The predicted octanol–water partition coefficient (Wildman–Crippen LogP) is 4.54. The topological polar surface area (TPSA) is 36.7 Å². The number of carbonyl (C=O) groups is 1. The van der Waals surface area contributed by atoms with E-state index in [-0.39, 0.29) is 5.91 Å². The number of piperazine rings is 1. The van der Waals surface area contributed by atoms with E-state index >= 15 is 0 Å². The van der Waals surface area contributed by atoms with Crippen molar-refractivity contribution in [3.05, 3.63) is 84.1 Å². The van der Waals surface area contributed by atoms with Crippen LogP contribution < -0.4 is 0 Å². The maximum Gasteiger partial charge on any atom is 0.289 e. The van der Waals surface area contributed by atoms with E-state index in [4.69, 9.17) is 4.42 Å². The second-order valence-electron chi connectivity index (χ2n) is 7.36. The number of fused-ring (bicyclic) bond motifs is 2. The number of para-hydroxylation sites is 1. The molecule has 1 aliphatic rings. The summed E-state index contributed by atoms with van der Waals surface area (Å²) in [7, 11) is 0. The van der Waals surface area contributed by atoms with E-state index in [9.17, 15) is 4.79 Å². The molecule has 0 unspecified atom stereocenters. The summed E-state index contributed by atoms with van der Waals surface area (Å²) >= 11 is 0. The smallest absolute Gasteiger partial charge is 0.289 e. The fourth-order valence-corrected chi connectivity index (χ4v) is 4.02. The summed E-state index contributed by atoms with van der Waals surface area (Å²) < 4.78 is 5.75. The van der Waals surface area contributed by atoms with Crippen molar-refractivity contribution in [3.8, 4) is 0 Å². The molecule has 1 fully saturated rings. The van der Waals surface area contributed by atoms with Crippen LogP contribution in [0.4, 0.5) is 0 Å². The minimum absolute atomic E-state index is 0.0130. The third kappa shape index (κ3) is 3.16. The first-order valence-electron chi connectivity index (χ1n) is 9.75. The van der Waals surface area contributed by atoms with E-state index in [0.29, 0.717) is 5.76 Å². The molecule has 1 amide bonds. The average molecular weight is 370 g/mol. The highest BCUT2D eigenvalue weighted by atomic mass is 16.3. The summed E-state index contributed by atoms with van der Waals surface area (Å²) in [5, 5.41) is 3.56. The van der Waals surface area contributed by atoms with Gasteiger partial charge in [0.25, 0.3) is 5.91 Å². The van der Waals surface area contributed by atoms with Gasteiger partial charge in [0.15, 0.2) is 5.76 Å². The van der Waals surface area contributed by atoms with Crippen molar-refractivity contribution in [3.63, 3.8) is 0 Å². The number of rotatable bonds is 3. The van der Waals surface area contributed by atoms with Crippen LogP contribution in [0.3, 0.4) is 0 Å². The van der Waals surface area contributed by atoms with Crippen molar-refractivity contribution >= 4 is 27.6 Å². The van der Waals surface area contributed by atoms with Gasteiger partial charge < -0.3 is 9.32 Å². The Morgan fingerprint density at radius 3 is 2.36 bits per heavy atom. The molecule has 0 saturated carbocycles. The fraction of sp³-hybridized carbons (Fsp3) is 0.208. The predicted molar refractivity (Wildman–Crippen MR) is 111 cm³/mol. The first-order valence-corrected chi connectivity index (χ1v) is 9.75. The second kappa shape index (κ2) is 7.13. The Labute approximate surface area is 164 Å². The molecule has 4 aromatic rings. The number of nitrogens with zero attached hydrogens (tertiary/aromatic N) is 2. The van der Waals surface area contributed by atoms with E-state index in [2.05, 4.69) is 47.4 Å². The van der Waals surface area contributed by atoms with Crippen molar-refractivity contribution in [2.45, 2.75) is 6.54 Å². The monoisotopic (exact) mass is 370 g/mol. The SMILES string of the molecule is O=C(c1cc2ccccc2o1)N1CCN(Cc2cccc3ccccc23)CC1. The Hall–Kier alpha value is -3.11. The molecule has 2 heterocycles. The van der Waals surface area contributed by atoms with E-state index in [1.807, 2.05) is 35.2 Å². The molecule has 4 heteroatoms. The van der Waals surface area contributed by atoms with E-state index in [1.165, 1.54) is 16.3 Å². The molecule has 4 nitrogen and oxygen atoms in total. The molecule has 5 rings (SSSR count). The molecule has 3 aromatic carbocycles. The Bertz CT molecular complexity index is 1100. The highest BCUT2D eigenvalue weighted by Crippen LogP contribution is 2.22. The number of carbonyl (C=O) groups excluding carboxylic acids is 1. The van der Waals surface area contributed by atoms with Gasteiger partial charge in [-0.05, 0) is 28.5 Å². The lowest BCUT2D eigenvalue weighted by Crippen LogP contribution is -2.48. The lowest BCUT2D eigenvalue weighted by atomic mass is 10.0. The number of hydrogen-bond acceptors (Lipinski definition) is 3. The van der Waals surface area contributed by atoms with Crippen LogP contribution in [0.15, 0.2) is 77.2 Å². The van der Waals surface area contributed by atoms with Gasteiger partial charge in [0, 0.05) is 38.1 Å². The van der Waals surface area contributed by atoms with Crippen molar-refractivity contribution in [2.24, 2.45) is 0 Å². The minimum atomic E-state index is -0.0130. The maximum absolute atomic E-state index is 12.8. The highest BCUT2D eigenvalue weighted by molar-refractivity contribution is 5.96. The van der Waals surface area contributed by atoms with Gasteiger partial charge in [-0.3, -0.25) is 9.69 Å². The van der Waals surface area contributed by atoms with Crippen molar-refractivity contribution in [1.29, 1.82) is 0 Å². The van der Waals surface area contributed by atoms with Gasteiger partial charge in [0.1, 0.15) is 5.58 Å². The van der Waals surface area contributed by atoms with Crippen LogP contribution in [0.5, 0.6) is 0 Å². The van der Waals surface area contributed by atoms with Crippen LogP contribution in [-0.2, 0) is 6.54 Å². The summed E-state index contributed by atoms with van der Waals surface area (Å²) in [6.07, 6.45) is 0. The zero-order chi connectivity index (χ0) is 18.9. The summed E-state index contributed by atoms with van der Waals surface area (Å²) in [6.45, 7) is 4.10. The zero-order valence-corrected chi connectivity index (χ0v) is 15.7. The fourth-order valence-electron chi connectivity index (χ4n) is 4.02. The largest absolute Gasteiger partial charge is 0.451 e. The molecule has 0 bridgehead atoms. The van der Waals surface area contributed by atoms with Gasteiger partial charge >= 0.3 is 0 Å². The van der Waals surface area contributed by atoms with Crippen LogP contribution in [0.25, 0.3) is 21.7 Å². The van der Waals surface area contributed by atoms with Crippen LogP contribution in [-0.4, -0.2) is 41.9 Å². The van der Waals surface area contributed by atoms with Crippen molar-refractivity contribution in [2.75, 3.05) is 26.2 Å². The van der Waals surface area contributed by atoms with Gasteiger partial charge in [-0.1, -0.05) is 60.7 Å². The van der Waals surface area contributed by atoms with Gasteiger partial charge in [0.2, 0.25) is 0 Å². The molecular formula is C24H22N2O2. The van der Waals surface area contributed by atoms with Crippen molar-refractivity contribution < 1.29 is 9.21 Å². The van der Waals surface area contributed by atoms with E-state index in [1.54, 1.807) is 0 Å². The molecule has 1 saturated heterocycles. The number of benzene rings is 3. The third-order valence-corrected chi connectivity index (χ3v) is 5.57. The highest BCUT2D eigenvalue weighted by Gasteiger charge is 2.24. The quantitative estimate of drug-likeness (QED) is 0.531. The minimum Gasteiger partial charge on any atom is -0.451 e. The molecule has 140 valence electrons. The van der Waals surface area contributed by atoms with Crippen LogP contribution in [0.2, 0.25) is 0 Å². The summed E-state index contributed by atoms with van der Waals surface area (Å²) in [5.74, 6) is 0.421. The number of amides is 1. The number of furan rings is 1. The average Bonchev–Trinajstić information content (AvgIpc) is 3.18. The van der Waals surface area contributed by atoms with Gasteiger partial charge in [0.05, 0.1) is 0 Å². The summed E-state index contributed by atoms with van der Waals surface area (Å²) in [4.78, 5) is 17.1.